The number of aromatic nitrogens is 1. The molecule has 3 aromatic rings. The molecule has 0 spiro atoms. The molecule has 0 bridgehead atoms. The predicted octanol–water partition coefficient (Wildman–Crippen LogP) is 5.18. The lowest BCUT2D eigenvalue weighted by atomic mass is 9.61. The van der Waals surface area contributed by atoms with E-state index in [0.717, 1.165) is 55.4 Å². The van der Waals surface area contributed by atoms with E-state index in [-0.39, 0.29) is 6.04 Å². The highest BCUT2D eigenvalue weighted by atomic mass is 35.5. The van der Waals surface area contributed by atoms with Crippen molar-refractivity contribution in [1.29, 1.82) is 0 Å². The van der Waals surface area contributed by atoms with Gasteiger partial charge in [0.2, 0.25) is 0 Å². The first-order valence-corrected chi connectivity index (χ1v) is 10.3. The second-order valence-electron chi connectivity index (χ2n) is 8.13. The lowest BCUT2D eigenvalue weighted by Crippen LogP contribution is -2.52. The predicted molar refractivity (Wildman–Crippen MR) is 111 cm³/mol. The molecule has 2 aromatic carbocycles. The molecule has 1 aliphatic carbocycles. The summed E-state index contributed by atoms with van der Waals surface area (Å²) < 4.78 is 0. The molecule has 2 heterocycles. The molecule has 1 aliphatic heterocycles. The molecule has 28 heavy (non-hydrogen) atoms. The Morgan fingerprint density at radius 2 is 2.00 bits per heavy atom. The standard InChI is InChI=1S/C23H23ClN2O2/c24-16-7-8-19-18(13-16)17-9-12-26(14-15-5-2-1-3-6-15)21(20(17)25-19)23(22(27)28)10-4-11-23/h1-3,5-8,13,21,25H,4,9-12,14H2,(H,27,28). The molecule has 1 saturated carbocycles. The van der Waals surface area contributed by atoms with Gasteiger partial charge in [-0.25, -0.2) is 0 Å². The highest BCUT2D eigenvalue weighted by Gasteiger charge is 2.55. The quantitative estimate of drug-likeness (QED) is 0.641. The second kappa shape index (κ2) is 6.64. The number of nitrogens with zero attached hydrogens (tertiary/aromatic N) is 1. The molecule has 0 saturated heterocycles. The summed E-state index contributed by atoms with van der Waals surface area (Å²) >= 11 is 6.25. The van der Waals surface area contributed by atoms with Gasteiger partial charge in [-0.2, -0.15) is 0 Å². The summed E-state index contributed by atoms with van der Waals surface area (Å²) in [5, 5.41) is 12.1. The Bertz CT molecular complexity index is 1040. The van der Waals surface area contributed by atoms with Gasteiger partial charge in [-0.3, -0.25) is 9.69 Å². The molecule has 1 aromatic heterocycles. The third-order valence-corrected chi connectivity index (χ3v) is 6.85. The van der Waals surface area contributed by atoms with Crippen molar-refractivity contribution in [3.05, 3.63) is 70.4 Å². The monoisotopic (exact) mass is 394 g/mol. The summed E-state index contributed by atoms with van der Waals surface area (Å²) in [6, 6.07) is 16.1. The van der Waals surface area contributed by atoms with E-state index in [0.29, 0.717) is 5.02 Å². The Labute approximate surface area is 169 Å². The van der Waals surface area contributed by atoms with Crippen molar-refractivity contribution in [1.82, 2.24) is 9.88 Å². The number of nitrogens with one attached hydrogen (secondary N) is 1. The normalized spacial score (nSPS) is 21.2. The second-order valence-corrected chi connectivity index (χ2v) is 8.57. The molecule has 1 fully saturated rings. The Morgan fingerprint density at radius 1 is 1.21 bits per heavy atom. The van der Waals surface area contributed by atoms with Gasteiger partial charge in [0.05, 0.1) is 11.5 Å². The van der Waals surface area contributed by atoms with E-state index in [9.17, 15) is 9.90 Å². The number of rotatable bonds is 4. The number of carboxylic acids is 1. The fourth-order valence-electron chi connectivity index (χ4n) is 5.09. The third-order valence-electron chi connectivity index (χ3n) is 6.61. The maximum absolute atomic E-state index is 12.4. The Hall–Kier alpha value is -2.30. The molecule has 5 rings (SSSR count). The van der Waals surface area contributed by atoms with Crippen LogP contribution in [0.4, 0.5) is 0 Å². The van der Waals surface area contributed by atoms with Crippen LogP contribution in [0.3, 0.4) is 0 Å². The summed E-state index contributed by atoms with van der Waals surface area (Å²) in [7, 11) is 0. The van der Waals surface area contributed by atoms with Crippen LogP contribution in [0.25, 0.3) is 10.9 Å². The van der Waals surface area contributed by atoms with Gasteiger partial charge in [0, 0.05) is 34.7 Å². The molecule has 0 amide bonds. The summed E-state index contributed by atoms with van der Waals surface area (Å²) in [6.45, 7) is 1.61. The number of carbonyl (C=O) groups is 1. The minimum atomic E-state index is -0.714. The Morgan fingerprint density at radius 3 is 2.68 bits per heavy atom. The number of hydrogen-bond acceptors (Lipinski definition) is 2. The molecular weight excluding hydrogens is 372 g/mol. The number of aliphatic carboxylic acids is 1. The molecule has 2 N–H and O–H groups in total. The van der Waals surface area contributed by atoms with Crippen LogP contribution in [0.15, 0.2) is 48.5 Å². The SMILES string of the molecule is O=C(O)C1(C2c3[nH]c4ccc(Cl)cc4c3CCN2Cc2ccccc2)CCC1. The van der Waals surface area contributed by atoms with E-state index >= 15 is 0 Å². The maximum atomic E-state index is 12.4. The van der Waals surface area contributed by atoms with Crippen molar-refractivity contribution in [2.45, 2.75) is 38.3 Å². The van der Waals surface area contributed by atoms with E-state index < -0.39 is 11.4 Å². The van der Waals surface area contributed by atoms with Crippen molar-refractivity contribution in [3.8, 4) is 0 Å². The highest BCUT2D eigenvalue weighted by Crippen LogP contribution is 2.55. The largest absolute Gasteiger partial charge is 0.481 e. The summed E-state index contributed by atoms with van der Waals surface area (Å²) in [5.74, 6) is -0.675. The van der Waals surface area contributed by atoms with Crippen LogP contribution < -0.4 is 0 Å². The highest BCUT2D eigenvalue weighted by molar-refractivity contribution is 6.31. The number of aromatic amines is 1. The zero-order valence-corrected chi connectivity index (χ0v) is 16.4. The van der Waals surface area contributed by atoms with Gasteiger partial charge in [-0.05, 0) is 48.6 Å². The number of benzene rings is 2. The van der Waals surface area contributed by atoms with Gasteiger partial charge in [0.15, 0.2) is 0 Å². The molecule has 2 aliphatic rings. The van der Waals surface area contributed by atoms with Gasteiger partial charge in [0.1, 0.15) is 0 Å². The van der Waals surface area contributed by atoms with Gasteiger partial charge < -0.3 is 10.1 Å². The number of H-pyrrole nitrogens is 1. The van der Waals surface area contributed by atoms with Crippen LogP contribution in [-0.4, -0.2) is 27.5 Å². The first-order valence-electron chi connectivity index (χ1n) is 9.90. The minimum Gasteiger partial charge on any atom is -0.481 e. The molecular formula is C23H23ClN2O2. The topological polar surface area (TPSA) is 56.3 Å². The first kappa shape index (κ1) is 17.8. The van der Waals surface area contributed by atoms with Gasteiger partial charge >= 0.3 is 5.97 Å². The van der Waals surface area contributed by atoms with Crippen LogP contribution >= 0.6 is 11.6 Å². The van der Waals surface area contributed by atoms with Gasteiger partial charge in [-0.15, -0.1) is 0 Å². The molecule has 144 valence electrons. The molecule has 0 radical (unpaired) electrons. The van der Waals surface area contributed by atoms with E-state index in [4.69, 9.17) is 11.6 Å². The van der Waals surface area contributed by atoms with Gasteiger partial charge in [0.25, 0.3) is 0 Å². The molecule has 4 nitrogen and oxygen atoms in total. The molecule has 1 unspecified atom stereocenters. The average molecular weight is 395 g/mol. The fourth-order valence-corrected chi connectivity index (χ4v) is 5.26. The van der Waals surface area contributed by atoms with E-state index in [1.54, 1.807) is 0 Å². The zero-order chi connectivity index (χ0) is 19.3. The number of fused-ring (bicyclic) bond motifs is 3. The van der Waals surface area contributed by atoms with E-state index in [2.05, 4.69) is 22.0 Å². The first-order chi connectivity index (χ1) is 13.6. The van der Waals surface area contributed by atoms with E-state index in [1.165, 1.54) is 11.1 Å². The average Bonchev–Trinajstić information content (AvgIpc) is 3.01. The van der Waals surface area contributed by atoms with Crippen molar-refractivity contribution in [2.75, 3.05) is 6.54 Å². The van der Waals surface area contributed by atoms with Crippen LogP contribution in [-0.2, 0) is 17.8 Å². The Kier molecular flexibility index (Phi) is 4.22. The smallest absolute Gasteiger partial charge is 0.311 e. The summed E-state index contributed by atoms with van der Waals surface area (Å²) in [5.41, 5.74) is 3.85. The maximum Gasteiger partial charge on any atom is 0.311 e. The lowest BCUT2D eigenvalue weighted by Gasteiger charge is -2.50. The van der Waals surface area contributed by atoms with E-state index in [1.807, 2.05) is 36.4 Å². The zero-order valence-electron chi connectivity index (χ0n) is 15.6. The van der Waals surface area contributed by atoms with Gasteiger partial charge in [-0.1, -0.05) is 48.4 Å². The third kappa shape index (κ3) is 2.66. The number of halogens is 1. The molecule has 5 heteroatoms. The lowest BCUT2D eigenvalue weighted by molar-refractivity contribution is -0.163. The summed E-state index contributed by atoms with van der Waals surface area (Å²) in [4.78, 5) is 18.4. The number of hydrogen-bond donors (Lipinski definition) is 2. The van der Waals surface area contributed by atoms with Crippen molar-refractivity contribution < 1.29 is 9.90 Å². The van der Waals surface area contributed by atoms with Crippen LogP contribution in [0, 0.1) is 5.41 Å². The molecule has 1 atom stereocenters. The minimum absolute atomic E-state index is 0.145. The van der Waals surface area contributed by atoms with Crippen molar-refractivity contribution in [2.24, 2.45) is 5.41 Å². The van der Waals surface area contributed by atoms with Crippen molar-refractivity contribution >= 4 is 28.5 Å². The number of carboxylic acid groups (broad SMARTS) is 1. The fraction of sp³-hybridized carbons (Fsp3) is 0.348. The van der Waals surface area contributed by atoms with Crippen LogP contribution in [0.2, 0.25) is 5.02 Å². The Balaban J connectivity index is 1.64. The van der Waals surface area contributed by atoms with Crippen LogP contribution in [0.5, 0.6) is 0 Å². The summed E-state index contributed by atoms with van der Waals surface area (Å²) in [6.07, 6.45) is 3.33. The van der Waals surface area contributed by atoms with Crippen LogP contribution in [0.1, 0.15) is 42.1 Å². The van der Waals surface area contributed by atoms with Crippen molar-refractivity contribution in [3.63, 3.8) is 0 Å².